The SMILES string of the molecule is COc1cccc(C2(O)OC(C)(C)c3ccccc32)c1. The van der Waals surface area contributed by atoms with Crippen molar-refractivity contribution in [2.45, 2.75) is 25.2 Å². The lowest BCUT2D eigenvalue weighted by Crippen LogP contribution is -2.30. The lowest BCUT2D eigenvalue weighted by atomic mass is 9.91. The highest BCUT2D eigenvalue weighted by atomic mass is 16.6. The maximum atomic E-state index is 11.1. The second-order valence-corrected chi connectivity index (χ2v) is 5.53. The van der Waals surface area contributed by atoms with Gasteiger partial charge >= 0.3 is 0 Å². The van der Waals surface area contributed by atoms with Gasteiger partial charge in [-0.05, 0) is 31.5 Å². The van der Waals surface area contributed by atoms with Gasteiger partial charge in [-0.1, -0.05) is 36.4 Å². The van der Waals surface area contributed by atoms with E-state index >= 15 is 0 Å². The Morgan fingerprint density at radius 1 is 1.00 bits per heavy atom. The molecule has 104 valence electrons. The van der Waals surface area contributed by atoms with Crippen molar-refractivity contribution in [1.29, 1.82) is 0 Å². The number of hydrogen-bond acceptors (Lipinski definition) is 3. The third-order valence-electron chi connectivity index (χ3n) is 3.80. The summed E-state index contributed by atoms with van der Waals surface area (Å²) in [6, 6.07) is 15.1. The summed E-state index contributed by atoms with van der Waals surface area (Å²) in [5.41, 5.74) is 1.94. The van der Waals surface area contributed by atoms with E-state index in [9.17, 15) is 5.11 Å². The van der Waals surface area contributed by atoms with Crippen molar-refractivity contribution < 1.29 is 14.6 Å². The zero-order valence-corrected chi connectivity index (χ0v) is 11.9. The van der Waals surface area contributed by atoms with Crippen LogP contribution in [-0.2, 0) is 16.1 Å². The molecule has 1 heterocycles. The molecule has 1 aliphatic heterocycles. The first-order chi connectivity index (χ1) is 9.47. The van der Waals surface area contributed by atoms with Gasteiger partial charge in [-0.2, -0.15) is 0 Å². The molecule has 3 nitrogen and oxygen atoms in total. The maximum Gasteiger partial charge on any atom is 0.221 e. The van der Waals surface area contributed by atoms with E-state index in [0.29, 0.717) is 11.3 Å². The van der Waals surface area contributed by atoms with E-state index in [2.05, 4.69) is 0 Å². The van der Waals surface area contributed by atoms with Crippen LogP contribution in [0.4, 0.5) is 0 Å². The standard InChI is InChI=1S/C17H18O3/c1-16(2)14-9-4-5-10-15(14)17(18,20-16)12-7-6-8-13(11-12)19-3/h4-11,18H,1-3H3. The summed E-state index contributed by atoms with van der Waals surface area (Å²) >= 11 is 0. The van der Waals surface area contributed by atoms with E-state index in [1.54, 1.807) is 13.2 Å². The average molecular weight is 270 g/mol. The molecule has 0 radical (unpaired) electrons. The molecule has 0 amide bonds. The molecule has 0 fully saturated rings. The number of rotatable bonds is 2. The van der Waals surface area contributed by atoms with Crippen molar-refractivity contribution in [3.63, 3.8) is 0 Å². The van der Waals surface area contributed by atoms with Crippen LogP contribution < -0.4 is 4.74 Å². The summed E-state index contributed by atoms with van der Waals surface area (Å²) in [4.78, 5) is 0. The first-order valence-electron chi connectivity index (χ1n) is 6.64. The molecule has 2 aromatic rings. The second kappa shape index (κ2) is 4.33. The summed E-state index contributed by atoms with van der Waals surface area (Å²) in [5.74, 6) is -0.740. The minimum Gasteiger partial charge on any atom is -0.497 e. The van der Waals surface area contributed by atoms with Gasteiger partial charge in [0.05, 0.1) is 12.7 Å². The topological polar surface area (TPSA) is 38.7 Å². The van der Waals surface area contributed by atoms with Gasteiger partial charge in [-0.25, -0.2) is 0 Å². The van der Waals surface area contributed by atoms with Gasteiger partial charge in [-0.15, -0.1) is 0 Å². The number of benzene rings is 2. The highest BCUT2D eigenvalue weighted by Crippen LogP contribution is 2.48. The molecule has 1 aliphatic rings. The fourth-order valence-corrected chi connectivity index (χ4v) is 2.83. The predicted octanol–water partition coefficient (Wildman–Crippen LogP) is 3.15. The van der Waals surface area contributed by atoms with Crippen LogP contribution in [0.25, 0.3) is 0 Å². The molecule has 0 aromatic heterocycles. The van der Waals surface area contributed by atoms with Crippen molar-refractivity contribution in [3.8, 4) is 5.75 Å². The Labute approximate surface area is 118 Å². The van der Waals surface area contributed by atoms with Crippen molar-refractivity contribution in [1.82, 2.24) is 0 Å². The zero-order chi connectivity index (χ0) is 14.4. The number of methoxy groups -OCH3 is 1. The molecule has 0 bridgehead atoms. The fraction of sp³-hybridized carbons (Fsp3) is 0.294. The Hall–Kier alpha value is -1.84. The first kappa shape index (κ1) is 13.2. The van der Waals surface area contributed by atoms with Crippen molar-refractivity contribution in [2.24, 2.45) is 0 Å². The molecule has 0 saturated heterocycles. The van der Waals surface area contributed by atoms with E-state index in [1.165, 1.54) is 0 Å². The van der Waals surface area contributed by atoms with Crippen LogP contribution in [-0.4, -0.2) is 12.2 Å². The summed E-state index contributed by atoms with van der Waals surface area (Å²) in [6.45, 7) is 3.92. The van der Waals surface area contributed by atoms with Crippen LogP contribution >= 0.6 is 0 Å². The molecule has 3 heteroatoms. The molecule has 3 rings (SSSR count). The molecule has 0 saturated carbocycles. The Kier molecular flexibility index (Phi) is 2.85. The normalized spacial score (nSPS) is 23.4. The van der Waals surface area contributed by atoms with Crippen LogP contribution in [0, 0.1) is 0 Å². The van der Waals surface area contributed by atoms with Crippen molar-refractivity contribution >= 4 is 0 Å². The Morgan fingerprint density at radius 3 is 2.40 bits per heavy atom. The third kappa shape index (κ3) is 1.82. The molecular weight excluding hydrogens is 252 g/mol. The molecule has 1 unspecified atom stereocenters. The summed E-state index contributed by atoms with van der Waals surface area (Å²) < 4.78 is 11.2. The number of ether oxygens (including phenoxy) is 2. The van der Waals surface area contributed by atoms with E-state index < -0.39 is 11.4 Å². The van der Waals surface area contributed by atoms with Gasteiger partial charge in [-0.3, -0.25) is 0 Å². The molecule has 2 aromatic carbocycles. The van der Waals surface area contributed by atoms with Gasteiger partial charge in [0.25, 0.3) is 0 Å². The molecule has 0 spiro atoms. The predicted molar refractivity (Wildman–Crippen MR) is 76.5 cm³/mol. The maximum absolute atomic E-state index is 11.1. The van der Waals surface area contributed by atoms with E-state index in [0.717, 1.165) is 11.1 Å². The van der Waals surface area contributed by atoms with Gasteiger partial charge in [0.1, 0.15) is 5.75 Å². The van der Waals surface area contributed by atoms with Crippen LogP contribution in [0.5, 0.6) is 5.75 Å². The van der Waals surface area contributed by atoms with Crippen molar-refractivity contribution in [2.75, 3.05) is 7.11 Å². The number of aliphatic hydroxyl groups is 1. The minimum atomic E-state index is -1.44. The lowest BCUT2D eigenvalue weighted by Gasteiger charge is -2.28. The smallest absolute Gasteiger partial charge is 0.221 e. The van der Waals surface area contributed by atoms with E-state index in [1.807, 2.05) is 56.3 Å². The lowest BCUT2D eigenvalue weighted by molar-refractivity contribution is -0.222. The largest absolute Gasteiger partial charge is 0.497 e. The van der Waals surface area contributed by atoms with Crippen LogP contribution in [0.1, 0.15) is 30.5 Å². The summed E-state index contributed by atoms with van der Waals surface area (Å²) in [7, 11) is 1.61. The average Bonchev–Trinajstić information content (AvgIpc) is 2.68. The number of hydrogen-bond donors (Lipinski definition) is 1. The van der Waals surface area contributed by atoms with Gasteiger partial charge < -0.3 is 14.6 Å². The quantitative estimate of drug-likeness (QED) is 0.911. The molecule has 1 N–H and O–H groups in total. The Morgan fingerprint density at radius 2 is 1.70 bits per heavy atom. The highest BCUT2D eigenvalue weighted by Gasteiger charge is 2.48. The van der Waals surface area contributed by atoms with E-state index in [4.69, 9.17) is 9.47 Å². The molecular formula is C17H18O3. The number of fused-ring (bicyclic) bond motifs is 1. The van der Waals surface area contributed by atoms with Crippen LogP contribution in [0.15, 0.2) is 48.5 Å². The summed E-state index contributed by atoms with van der Waals surface area (Å²) in [5, 5.41) is 11.1. The molecule has 1 atom stereocenters. The van der Waals surface area contributed by atoms with Gasteiger partial charge in [0.15, 0.2) is 0 Å². The van der Waals surface area contributed by atoms with E-state index in [-0.39, 0.29) is 0 Å². The van der Waals surface area contributed by atoms with Crippen LogP contribution in [0.3, 0.4) is 0 Å². The second-order valence-electron chi connectivity index (χ2n) is 5.53. The Balaban J connectivity index is 2.18. The molecule has 20 heavy (non-hydrogen) atoms. The van der Waals surface area contributed by atoms with Gasteiger partial charge in [0.2, 0.25) is 5.79 Å². The van der Waals surface area contributed by atoms with Gasteiger partial charge in [0, 0.05) is 11.1 Å². The Bertz CT molecular complexity index is 648. The monoisotopic (exact) mass is 270 g/mol. The third-order valence-corrected chi connectivity index (χ3v) is 3.80. The summed E-state index contributed by atoms with van der Waals surface area (Å²) in [6.07, 6.45) is 0. The molecule has 0 aliphatic carbocycles. The first-order valence-corrected chi connectivity index (χ1v) is 6.64. The van der Waals surface area contributed by atoms with Crippen molar-refractivity contribution in [3.05, 3.63) is 65.2 Å². The minimum absolute atomic E-state index is 0.533. The zero-order valence-electron chi connectivity index (χ0n) is 11.9. The van der Waals surface area contributed by atoms with Crippen LogP contribution in [0.2, 0.25) is 0 Å². The highest BCUT2D eigenvalue weighted by molar-refractivity contribution is 5.46. The fourth-order valence-electron chi connectivity index (χ4n) is 2.83.